The van der Waals surface area contributed by atoms with Gasteiger partial charge in [0.25, 0.3) is 0 Å². The van der Waals surface area contributed by atoms with Crippen molar-refractivity contribution in [1.29, 1.82) is 0 Å². The van der Waals surface area contributed by atoms with Crippen molar-refractivity contribution >= 4 is 24.2 Å². The lowest BCUT2D eigenvalue weighted by Crippen LogP contribution is -2.01. The second-order valence-electron chi connectivity index (χ2n) is 2.54. The molecule has 0 atom stereocenters. The Morgan fingerprint density at radius 2 is 2.38 bits per heavy atom. The van der Waals surface area contributed by atoms with Gasteiger partial charge in [0.15, 0.2) is 0 Å². The zero-order valence-electron chi connectivity index (χ0n) is 7.03. The van der Waals surface area contributed by atoms with Crippen molar-refractivity contribution in [2.24, 2.45) is 0 Å². The maximum absolute atomic E-state index is 5.71. The van der Waals surface area contributed by atoms with Crippen molar-refractivity contribution in [3.63, 3.8) is 0 Å². The molecule has 1 aromatic heterocycles. The summed E-state index contributed by atoms with van der Waals surface area (Å²) < 4.78 is 5.34. The lowest BCUT2D eigenvalue weighted by Gasteiger charge is -2.05. The maximum atomic E-state index is 5.71. The minimum Gasteiger partial charge on any atom is -0.488 e. The highest BCUT2D eigenvalue weighted by molar-refractivity contribution is 7.80. The van der Waals surface area contributed by atoms with E-state index in [4.69, 9.17) is 16.3 Å². The Morgan fingerprint density at radius 1 is 1.62 bits per heavy atom. The molecule has 70 valence electrons. The van der Waals surface area contributed by atoms with Gasteiger partial charge in [0.2, 0.25) is 0 Å². The fourth-order valence-corrected chi connectivity index (χ4v) is 0.958. The number of nitrogens with zero attached hydrogens (tertiary/aromatic N) is 1. The van der Waals surface area contributed by atoms with Gasteiger partial charge in [0, 0.05) is 18.0 Å². The number of rotatable bonds is 4. The van der Waals surface area contributed by atoms with E-state index in [1.54, 1.807) is 18.5 Å². The Kier molecular flexibility index (Phi) is 4.12. The third-order valence-electron chi connectivity index (χ3n) is 1.35. The van der Waals surface area contributed by atoms with Crippen LogP contribution in [0.1, 0.15) is 0 Å². The summed E-state index contributed by atoms with van der Waals surface area (Å²) in [5.74, 6) is 1.27. The number of halogens is 1. The third-order valence-corrected chi connectivity index (χ3v) is 2.00. The SMILES string of the molecule is C=C(CS)COc1cncc(Cl)c1. The normalized spacial score (nSPS) is 9.69. The molecule has 1 rings (SSSR count). The number of ether oxygens (including phenoxy) is 1. The highest BCUT2D eigenvalue weighted by Crippen LogP contribution is 2.15. The molecular weight excluding hydrogens is 206 g/mol. The van der Waals surface area contributed by atoms with Gasteiger partial charge in [-0.1, -0.05) is 18.2 Å². The topological polar surface area (TPSA) is 22.1 Å². The Hall–Kier alpha value is -0.670. The van der Waals surface area contributed by atoms with Crippen molar-refractivity contribution in [2.45, 2.75) is 0 Å². The molecular formula is C9H10ClNOS. The number of pyridine rings is 1. The molecule has 0 N–H and O–H groups in total. The van der Waals surface area contributed by atoms with Crippen molar-refractivity contribution in [1.82, 2.24) is 4.98 Å². The molecule has 13 heavy (non-hydrogen) atoms. The van der Waals surface area contributed by atoms with Crippen LogP contribution >= 0.6 is 24.2 Å². The van der Waals surface area contributed by atoms with E-state index in [2.05, 4.69) is 24.2 Å². The Bertz CT molecular complexity index is 303. The van der Waals surface area contributed by atoms with Gasteiger partial charge in [0.1, 0.15) is 12.4 Å². The van der Waals surface area contributed by atoms with Gasteiger partial charge < -0.3 is 4.74 Å². The second kappa shape index (κ2) is 5.14. The molecule has 0 aliphatic rings. The summed E-state index contributed by atoms with van der Waals surface area (Å²) in [6.45, 7) is 4.21. The molecule has 4 heteroatoms. The van der Waals surface area contributed by atoms with Gasteiger partial charge >= 0.3 is 0 Å². The first kappa shape index (κ1) is 10.4. The molecule has 0 fully saturated rings. The number of hydrogen-bond donors (Lipinski definition) is 1. The molecule has 0 radical (unpaired) electrons. The van der Waals surface area contributed by atoms with Gasteiger partial charge in [0.05, 0.1) is 11.2 Å². The third kappa shape index (κ3) is 3.70. The monoisotopic (exact) mass is 215 g/mol. The first-order chi connectivity index (χ1) is 6.22. The average Bonchev–Trinajstić information content (AvgIpc) is 2.14. The van der Waals surface area contributed by atoms with Crippen LogP contribution in [0.2, 0.25) is 5.02 Å². The Morgan fingerprint density at radius 3 is 3.00 bits per heavy atom. The van der Waals surface area contributed by atoms with Crippen LogP contribution in [0.3, 0.4) is 0 Å². The van der Waals surface area contributed by atoms with E-state index in [0.29, 0.717) is 23.1 Å². The predicted molar refractivity (Wildman–Crippen MR) is 57.7 cm³/mol. The van der Waals surface area contributed by atoms with Crippen LogP contribution in [0.15, 0.2) is 30.6 Å². The van der Waals surface area contributed by atoms with Crippen molar-refractivity contribution in [2.75, 3.05) is 12.4 Å². The minimum atomic E-state index is 0.450. The van der Waals surface area contributed by atoms with Gasteiger partial charge in [-0.05, 0) is 5.57 Å². The van der Waals surface area contributed by atoms with Gasteiger partial charge in [-0.2, -0.15) is 12.6 Å². The van der Waals surface area contributed by atoms with E-state index in [9.17, 15) is 0 Å². The van der Waals surface area contributed by atoms with Crippen LogP contribution in [0.25, 0.3) is 0 Å². The minimum absolute atomic E-state index is 0.450. The maximum Gasteiger partial charge on any atom is 0.139 e. The Labute approximate surface area is 88.0 Å². The van der Waals surface area contributed by atoms with E-state index in [1.807, 2.05) is 0 Å². The quantitative estimate of drug-likeness (QED) is 0.616. The van der Waals surface area contributed by atoms with E-state index in [1.165, 1.54) is 0 Å². The fourth-order valence-electron chi connectivity index (χ4n) is 0.702. The van der Waals surface area contributed by atoms with Crippen LogP contribution in [0.4, 0.5) is 0 Å². The number of aromatic nitrogens is 1. The summed E-state index contributed by atoms with van der Waals surface area (Å²) in [5, 5.41) is 0.564. The van der Waals surface area contributed by atoms with Crippen molar-refractivity contribution in [3.05, 3.63) is 35.6 Å². The van der Waals surface area contributed by atoms with Crippen molar-refractivity contribution < 1.29 is 4.74 Å². The highest BCUT2D eigenvalue weighted by Gasteiger charge is 1.96. The lowest BCUT2D eigenvalue weighted by atomic mass is 10.4. The van der Waals surface area contributed by atoms with Gasteiger partial charge in [-0.15, -0.1) is 0 Å². The van der Waals surface area contributed by atoms with Crippen molar-refractivity contribution in [3.8, 4) is 5.75 Å². The highest BCUT2D eigenvalue weighted by atomic mass is 35.5. The summed E-state index contributed by atoms with van der Waals surface area (Å²) in [6, 6.07) is 1.71. The standard InChI is InChI=1S/C9H10ClNOS/c1-7(6-13)5-12-9-2-8(10)3-11-4-9/h2-4,13H,1,5-6H2. The summed E-state index contributed by atoms with van der Waals surface area (Å²) in [5.41, 5.74) is 0.920. The molecule has 0 aliphatic heterocycles. The molecule has 0 amide bonds. The summed E-state index contributed by atoms with van der Waals surface area (Å²) >= 11 is 9.78. The largest absolute Gasteiger partial charge is 0.488 e. The summed E-state index contributed by atoms with van der Waals surface area (Å²) in [6.07, 6.45) is 3.17. The lowest BCUT2D eigenvalue weighted by molar-refractivity contribution is 0.352. The van der Waals surface area contributed by atoms with Crippen LogP contribution in [0.5, 0.6) is 5.75 Å². The van der Waals surface area contributed by atoms with E-state index in [-0.39, 0.29) is 0 Å². The molecule has 0 bridgehead atoms. The number of hydrogen-bond acceptors (Lipinski definition) is 3. The van der Waals surface area contributed by atoms with Crippen LogP contribution in [-0.4, -0.2) is 17.3 Å². The molecule has 0 spiro atoms. The fraction of sp³-hybridized carbons (Fsp3) is 0.222. The van der Waals surface area contributed by atoms with Gasteiger partial charge in [-0.25, -0.2) is 0 Å². The molecule has 0 aromatic carbocycles. The first-order valence-corrected chi connectivity index (χ1v) is 4.74. The molecule has 0 saturated heterocycles. The van der Waals surface area contributed by atoms with Gasteiger partial charge in [-0.3, -0.25) is 4.98 Å². The average molecular weight is 216 g/mol. The van der Waals surface area contributed by atoms with E-state index >= 15 is 0 Å². The zero-order chi connectivity index (χ0) is 9.68. The molecule has 1 aromatic rings. The number of thiol groups is 1. The second-order valence-corrected chi connectivity index (χ2v) is 3.29. The van der Waals surface area contributed by atoms with Crippen LogP contribution < -0.4 is 4.74 Å². The van der Waals surface area contributed by atoms with E-state index < -0.39 is 0 Å². The molecule has 0 unspecified atom stereocenters. The molecule has 0 aliphatic carbocycles. The summed E-state index contributed by atoms with van der Waals surface area (Å²) in [7, 11) is 0. The first-order valence-electron chi connectivity index (χ1n) is 3.73. The molecule has 2 nitrogen and oxygen atoms in total. The zero-order valence-corrected chi connectivity index (χ0v) is 8.68. The molecule has 0 saturated carbocycles. The summed E-state index contributed by atoms with van der Waals surface area (Å²) in [4.78, 5) is 3.88. The molecule has 1 heterocycles. The smallest absolute Gasteiger partial charge is 0.139 e. The predicted octanol–water partition coefficient (Wildman–Crippen LogP) is 2.60. The van der Waals surface area contributed by atoms with Crippen LogP contribution in [0, 0.1) is 0 Å². The van der Waals surface area contributed by atoms with Crippen LogP contribution in [-0.2, 0) is 0 Å². The Balaban J connectivity index is 2.50. The van der Waals surface area contributed by atoms with E-state index in [0.717, 1.165) is 5.57 Å².